The van der Waals surface area contributed by atoms with Crippen molar-refractivity contribution < 1.29 is 13.2 Å². The molecule has 0 spiro atoms. The molecule has 222 valence electrons. The molecule has 1 heterocycles. The molecule has 0 fully saturated rings. The van der Waals surface area contributed by atoms with Gasteiger partial charge in [-0.2, -0.15) is 0 Å². The van der Waals surface area contributed by atoms with E-state index in [1.165, 1.54) is 18.6 Å². The molecule has 2 nitrogen and oxygen atoms in total. The molecule has 2 aromatic carbocycles. The first-order chi connectivity index (χ1) is 17.9. The van der Waals surface area contributed by atoms with E-state index in [-0.39, 0.29) is 27.9 Å². The number of hydrogen-bond donors (Lipinski definition) is 1. The molecule has 0 saturated heterocycles. The fourth-order valence-corrected chi connectivity index (χ4v) is 2.88. The standard InChI is InChI=1S/2C10H13F.C10H16O.C3H8.C2H7N/c2*1-10(2,3)8-5-4-6-9(11)7-8;1-5-8-6-7-9(11-8)10(2,3)4;1-3-2;1-2-3/h2*4-7H,1-3H3;6-7H,5H2,1-4H3;3H2,1-2H3;2-3H2,1H3. The lowest BCUT2D eigenvalue weighted by Crippen LogP contribution is -2.10. The molecule has 0 saturated carbocycles. The first kappa shape index (κ1) is 38.7. The monoisotopic (exact) mass is 545 g/mol. The summed E-state index contributed by atoms with van der Waals surface area (Å²) in [6.07, 6.45) is 2.23. The third kappa shape index (κ3) is 18.5. The largest absolute Gasteiger partial charge is 0.466 e. The molecular weight excluding hydrogens is 488 g/mol. The topological polar surface area (TPSA) is 39.2 Å². The summed E-state index contributed by atoms with van der Waals surface area (Å²) in [5.74, 6) is 1.85. The molecule has 0 atom stereocenters. The van der Waals surface area contributed by atoms with Gasteiger partial charge in [-0.05, 0) is 64.9 Å². The van der Waals surface area contributed by atoms with E-state index in [4.69, 9.17) is 10.2 Å². The lowest BCUT2D eigenvalue weighted by molar-refractivity contribution is 0.388. The Morgan fingerprint density at radius 2 is 0.974 bits per heavy atom. The predicted molar refractivity (Wildman–Crippen MR) is 168 cm³/mol. The lowest BCUT2D eigenvalue weighted by atomic mass is 9.87. The summed E-state index contributed by atoms with van der Waals surface area (Å²) >= 11 is 0. The van der Waals surface area contributed by atoms with Crippen molar-refractivity contribution in [3.8, 4) is 0 Å². The number of rotatable bonds is 1. The highest BCUT2D eigenvalue weighted by atomic mass is 19.1. The highest BCUT2D eigenvalue weighted by Crippen LogP contribution is 2.24. The maximum atomic E-state index is 12.7. The first-order valence-electron chi connectivity index (χ1n) is 14.2. The van der Waals surface area contributed by atoms with Gasteiger partial charge in [0.05, 0.1) is 0 Å². The zero-order valence-corrected chi connectivity index (χ0v) is 27.1. The van der Waals surface area contributed by atoms with Gasteiger partial charge in [-0.3, -0.25) is 0 Å². The smallest absolute Gasteiger partial charge is 0.123 e. The Labute approximate surface area is 239 Å². The summed E-state index contributed by atoms with van der Waals surface area (Å²) in [5, 5.41) is 0. The third-order valence-electron chi connectivity index (χ3n) is 5.13. The molecule has 39 heavy (non-hydrogen) atoms. The maximum Gasteiger partial charge on any atom is 0.123 e. The van der Waals surface area contributed by atoms with Crippen molar-refractivity contribution in [2.45, 2.75) is 119 Å². The van der Waals surface area contributed by atoms with E-state index in [2.05, 4.69) is 95.2 Å². The van der Waals surface area contributed by atoms with Crippen LogP contribution in [0, 0.1) is 11.6 Å². The van der Waals surface area contributed by atoms with Gasteiger partial charge in [0.2, 0.25) is 0 Å². The third-order valence-corrected chi connectivity index (χ3v) is 5.13. The number of halogens is 2. The number of aryl methyl sites for hydroxylation is 1. The number of furan rings is 1. The Bertz CT molecular complexity index is 960. The fraction of sp³-hybridized carbons (Fsp3) is 0.543. The molecule has 0 amide bonds. The van der Waals surface area contributed by atoms with Crippen LogP contribution >= 0.6 is 0 Å². The molecule has 0 bridgehead atoms. The molecule has 0 aliphatic rings. The number of nitrogens with two attached hydrogens (primary N) is 1. The van der Waals surface area contributed by atoms with Crippen LogP contribution in [0.4, 0.5) is 8.78 Å². The minimum Gasteiger partial charge on any atom is -0.466 e. The SMILES string of the molecule is CC(C)(C)c1cccc(F)c1.CC(C)(C)c1cccc(F)c1.CCC.CCN.CCc1ccc(C(C)(C)C)o1. The molecule has 0 aliphatic carbocycles. The quantitative estimate of drug-likeness (QED) is 0.330. The molecule has 0 aliphatic heterocycles. The van der Waals surface area contributed by atoms with Gasteiger partial charge >= 0.3 is 0 Å². The molecule has 3 aromatic rings. The van der Waals surface area contributed by atoms with Crippen molar-refractivity contribution in [2.24, 2.45) is 5.73 Å². The molecule has 0 unspecified atom stereocenters. The van der Waals surface area contributed by atoms with E-state index >= 15 is 0 Å². The first-order valence-corrected chi connectivity index (χ1v) is 14.2. The normalized spacial score (nSPS) is 10.9. The van der Waals surface area contributed by atoms with E-state index in [0.717, 1.165) is 35.6 Å². The average molecular weight is 546 g/mol. The molecule has 0 radical (unpaired) electrons. The summed E-state index contributed by atoms with van der Waals surface area (Å²) in [4.78, 5) is 0. The van der Waals surface area contributed by atoms with Gasteiger partial charge in [0.25, 0.3) is 0 Å². The van der Waals surface area contributed by atoms with Gasteiger partial charge in [0, 0.05) is 11.8 Å². The van der Waals surface area contributed by atoms with E-state index in [0.29, 0.717) is 0 Å². The minimum absolute atomic E-state index is 0.0437. The van der Waals surface area contributed by atoms with Crippen LogP contribution in [0.3, 0.4) is 0 Å². The Balaban J connectivity index is 0. The van der Waals surface area contributed by atoms with Gasteiger partial charge in [-0.15, -0.1) is 0 Å². The maximum absolute atomic E-state index is 12.7. The summed E-state index contributed by atoms with van der Waals surface area (Å²) in [7, 11) is 0. The lowest BCUT2D eigenvalue weighted by Gasteiger charge is -2.18. The van der Waals surface area contributed by atoms with Crippen molar-refractivity contribution in [3.05, 3.63) is 94.9 Å². The zero-order chi connectivity index (χ0) is 30.9. The van der Waals surface area contributed by atoms with E-state index < -0.39 is 0 Å². The van der Waals surface area contributed by atoms with Gasteiger partial charge in [-0.25, -0.2) is 8.78 Å². The average Bonchev–Trinajstić information content (AvgIpc) is 3.30. The van der Waals surface area contributed by atoms with Crippen LogP contribution in [0.25, 0.3) is 0 Å². The van der Waals surface area contributed by atoms with E-state index in [1.54, 1.807) is 24.3 Å². The predicted octanol–water partition coefficient (Wildman–Crippen LogP) is 10.8. The van der Waals surface area contributed by atoms with Crippen LogP contribution in [0.2, 0.25) is 0 Å². The van der Waals surface area contributed by atoms with E-state index in [9.17, 15) is 8.78 Å². The fourth-order valence-electron chi connectivity index (χ4n) is 2.88. The Morgan fingerprint density at radius 3 is 1.15 bits per heavy atom. The van der Waals surface area contributed by atoms with Crippen molar-refractivity contribution in [1.82, 2.24) is 0 Å². The van der Waals surface area contributed by atoms with Crippen LogP contribution in [-0.2, 0) is 22.7 Å². The molecule has 4 heteroatoms. The second kappa shape index (κ2) is 18.8. The van der Waals surface area contributed by atoms with Crippen LogP contribution in [-0.4, -0.2) is 6.54 Å². The summed E-state index contributed by atoms with van der Waals surface area (Å²) in [6, 6.07) is 17.6. The second-order valence-corrected chi connectivity index (χ2v) is 12.5. The van der Waals surface area contributed by atoms with Crippen molar-refractivity contribution in [1.29, 1.82) is 0 Å². The van der Waals surface area contributed by atoms with Gasteiger partial charge in [-0.1, -0.05) is 121 Å². The molecule has 3 rings (SSSR count). The number of hydrogen-bond acceptors (Lipinski definition) is 2. The van der Waals surface area contributed by atoms with Crippen LogP contribution in [0.15, 0.2) is 65.1 Å². The Hall–Kier alpha value is -2.46. The minimum atomic E-state index is -0.155. The molecule has 2 N–H and O–H groups in total. The highest BCUT2D eigenvalue weighted by Gasteiger charge is 2.17. The second-order valence-electron chi connectivity index (χ2n) is 12.5. The van der Waals surface area contributed by atoms with E-state index in [1.807, 2.05) is 19.1 Å². The summed E-state index contributed by atoms with van der Waals surface area (Å²) in [6.45, 7) is 27.9. The number of benzene rings is 2. The van der Waals surface area contributed by atoms with Crippen LogP contribution in [0.5, 0.6) is 0 Å². The molecular formula is C35H57F2NO. The van der Waals surface area contributed by atoms with Crippen molar-refractivity contribution in [3.63, 3.8) is 0 Å². The summed E-state index contributed by atoms with van der Waals surface area (Å²) < 4.78 is 31.0. The van der Waals surface area contributed by atoms with Crippen LogP contribution < -0.4 is 5.73 Å². The Morgan fingerprint density at radius 1 is 0.615 bits per heavy atom. The Kier molecular flexibility index (Phi) is 18.6. The van der Waals surface area contributed by atoms with Crippen LogP contribution in [0.1, 0.15) is 119 Å². The van der Waals surface area contributed by atoms with Gasteiger partial charge < -0.3 is 10.2 Å². The van der Waals surface area contributed by atoms with Crippen molar-refractivity contribution in [2.75, 3.05) is 6.54 Å². The molecule has 1 aromatic heterocycles. The zero-order valence-electron chi connectivity index (χ0n) is 27.1. The van der Waals surface area contributed by atoms with Crippen molar-refractivity contribution >= 4 is 0 Å². The summed E-state index contributed by atoms with van der Waals surface area (Å²) in [5.41, 5.74) is 7.16. The van der Waals surface area contributed by atoms with Gasteiger partial charge in [0.15, 0.2) is 0 Å². The van der Waals surface area contributed by atoms with Gasteiger partial charge in [0.1, 0.15) is 23.2 Å². The highest BCUT2D eigenvalue weighted by molar-refractivity contribution is 5.24.